The SMILES string of the molecule is CC.Cc1ccc2c(c1)N1CCNCC1CO2. The van der Waals surface area contributed by atoms with Gasteiger partial charge in [-0.05, 0) is 24.6 Å². The minimum atomic E-state index is 0.507. The van der Waals surface area contributed by atoms with Gasteiger partial charge < -0.3 is 15.0 Å². The van der Waals surface area contributed by atoms with Gasteiger partial charge in [0.1, 0.15) is 12.4 Å². The van der Waals surface area contributed by atoms with Crippen molar-refractivity contribution in [3.05, 3.63) is 23.8 Å². The van der Waals surface area contributed by atoms with Gasteiger partial charge in [-0.1, -0.05) is 19.9 Å². The lowest BCUT2D eigenvalue weighted by atomic mass is 10.1. The molecule has 1 atom stereocenters. The summed E-state index contributed by atoms with van der Waals surface area (Å²) < 4.78 is 5.77. The molecule has 1 aromatic carbocycles. The number of anilines is 1. The van der Waals surface area contributed by atoms with Crippen molar-refractivity contribution in [3.8, 4) is 5.75 Å². The predicted molar refractivity (Wildman–Crippen MR) is 72.0 cm³/mol. The monoisotopic (exact) mass is 234 g/mol. The quantitative estimate of drug-likeness (QED) is 0.744. The van der Waals surface area contributed by atoms with Crippen LogP contribution in [0.4, 0.5) is 5.69 Å². The Bertz CT molecular complexity index is 378. The third kappa shape index (κ3) is 2.39. The molecule has 3 heteroatoms. The number of nitrogens with one attached hydrogen (secondary N) is 1. The van der Waals surface area contributed by atoms with Gasteiger partial charge in [0.15, 0.2) is 0 Å². The standard InChI is InChI=1S/C12H16N2O.C2H6/c1-9-2-3-12-11(6-9)14-5-4-13-7-10(14)8-15-12;1-2/h2-3,6,10,13H,4-5,7-8H2,1H3;1-2H3. The molecule has 1 saturated heterocycles. The van der Waals surface area contributed by atoms with Crippen molar-refractivity contribution >= 4 is 5.69 Å². The summed E-state index contributed by atoms with van der Waals surface area (Å²) in [5.41, 5.74) is 2.57. The zero-order valence-corrected chi connectivity index (χ0v) is 11.0. The average molecular weight is 234 g/mol. The molecule has 0 spiro atoms. The molecule has 3 rings (SSSR count). The Kier molecular flexibility index (Phi) is 3.89. The van der Waals surface area contributed by atoms with E-state index in [9.17, 15) is 0 Å². The van der Waals surface area contributed by atoms with Crippen LogP contribution in [-0.4, -0.2) is 32.3 Å². The zero-order chi connectivity index (χ0) is 12.3. The van der Waals surface area contributed by atoms with Crippen molar-refractivity contribution in [1.29, 1.82) is 0 Å². The second-order valence-corrected chi connectivity index (χ2v) is 4.33. The van der Waals surface area contributed by atoms with Crippen LogP contribution >= 0.6 is 0 Å². The van der Waals surface area contributed by atoms with Crippen LogP contribution in [0.25, 0.3) is 0 Å². The fraction of sp³-hybridized carbons (Fsp3) is 0.571. The van der Waals surface area contributed by atoms with E-state index in [0.29, 0.717) is 6.04 Å². The first-order valence-corrected chi connectivity index (χ1v) is 6.55. The van der Waals surface area contributed by atoms with E-state index in [0.717, 1.165) is 32.0 Å². The maximum Gasteiger partial charge on any atom is 0.142 e. The van der Waals surface area contributed by atoms with Gasteiger partial charge in [-0.25, -0.2) is 0 Å². The fourth-order valence-corrected chi connectivity index (χ4v) is 2.39. The molecular weight excluding hydrogens is 212 g/mol. The second kappa shape index (κ2) is 5.41. The first-order chi connectivity index (χ1) is 8.34. The van der Waals surface area contributed by atoms with E-state index in [1.54, 1.807) is 0 Å². The molecular formula is C14H22N2O. The van der Waals surface area contributed by atoms with Crippen molar-refractivity contribution in [2.24, 2.45) is 0 Å². The van der Waals surface area contributed by atoms with Gasteiger partial charge in [0, 0.05) is 19.6 Å². The van der Waals surface area contributed by atoms with Crippen LogP contribution in [0, 0.1) is 6.92 Å². The summed E-state index contributed by atoms with van der Waals surface area (Å²) >= 11 is 0. The average Bonchev–Trinajstić information content (AvgIpc) is 2.41. The van der Waals surface area contributed by atoms with E-state index in [2.05, 4.69) is 35.3 Å². The molecule has 2 aliphatic rings. The summed E-state index contributed by atoms with van der Waals surface area (Å²) in [7, 11) is 0. The lowest BCUT2D eigenvalue weighted by molar-refractivity contribution is 0.247. The Morgan fingerprint density at radius 2 is 2.18 bits per heavy atom. The van der Waals surface area contributed by atoms with E-state index in [-0.39, 0.29) is 0 Å². The number of benzene rings is 1. The van der Waals surface area contributed by atoms with Gasteiger partial charge in [-0.3, -0.25) is 0 Å². The molecule has 1 fully saturated rings. The molecule has 17 heavy (non-hydrogen) atoms. The molecule has 0 bridgehead atoms. The molecule has 3 nitrogen and oxygen atoms in total. The molecule has 0 amide bonds. The summed E-state index contributed by atoms with van der Waals surface area (Å²) in [5, 5.41) is 3.41. The van der Waals surface area contributed by atoms with Crippen LogP contribution in [0.5, 0.6) is 5.75 Å². The molecule has 0 aromatic heterocycles. The van der Waals surface area contributed by atoms with E-state index in [4.69, 9.17) is 4.74 Å². The van der Waals surface area contributed by atoms with Gasteiger partial charge in [-0.15, -0.1) is 0 Å². The second-order valence-electron chi connectivity index (χ2n) is 4.33. The number of piperazine rings is 1. The van der Waals surface area contributed by atoms with Gasteiger partial charge >= 0.3 is 0 Å². The molecule has 1 unspecified atom stereocenters. The number of hydrogen-bond donors (Lipinski definition) is 1. The first-order valence-electron chi connectivity index (χ1n) is 6.55. The number of aryl methyl sites for hydroxylation is 1. The molecule has 2 aliphatic heterocycles. The fourth-order valence-electron chi connectivity index (χ4n) is 2.39. The third-order valence-corrected chi connectivity index (χ3v) is 3.21. The lowest BCUT2D eigenvalue weighted by Gasteiger charge is -2.42. The number of fused-ring (bicyclic) bond motifs is 3. The van der Waals surface area contributed by atoms with E-state index >= 15 is 0 Å². The minimum Gasteiger partial charge on any atom is -0.489 e. The van der Waals surface area contributed by atoms with Crippen LogP contribution in [-0.2, 0) is 0 Å². The van der Waals surface area contributed by atoms with Crippen LogP contribution in [0.1, 0.15) is 19.4 Å². The maximum absolute atomic E-state index is 5.77. The van der Waals surface area contributed by atoms with Gasteiger partial charge in [-0.2, -0.15) is 0 Å². The van der Waals surface area contributed by atoms with Crippen molar-refractivity contribution in [2.45, 2.75) is 26.8 Å². The zero-order valence-electron chi connectivity index (χ0n) is 11.0. The molecule has 2 heterocycles. The van der Waals surface area contributed by atoms with Crippen LogP contribution in [0.2, 0.25) is 0 Å². The van der Waals surface area contributed by atoms with Gasteiger partial charge in [0.25, 0.3) is 0 Å². The van der Waals surface area contributed by atoms with Crippen molar-refractivity contribution in [2.75, 3.05) is 31.1 Å². The number of nitrogens with zero attached hydrogens (tertiary/aromatic N) is 1. The lowest BCUT2D eigenvalue weighted by Crippen LogP contribution is -2.55. The highest BCUT2D eigenvalue weighted by Gasteiger charge is 2.29. The Balaban J connectivity index is 0.000000514. The summed E-state index contributed by atoms with van der Waals surface area (Å²) in [6.45, 7) is 10.1. The number of ether oxygens (including phenoxy) is 1. The van der Waals surface area contributed by atoms with Gasteiger partial charge in [0.05, 0.1) is 11.7 Å². The van der Waals surface area contributed by atoms with Crippen LogP contribution in [0.15, 0.2) is 18.2 Å². The van der Waals surface area contributed by atoms with Crippen molar-refractivity contribution in [3.63, 3.8) is 0 Å². The highest BCUT2D eigenvalue weighted by molar-refractivity contribution is 5.62. The summed E-state index contributed by atoms with van der Waals surface area (Å²) in [6, 6.07) is 6.94. The smallest absolute Gasteiger partial charge is 0.142 e. The molecule has 1 N–H and O–H groups in total. The highest BCUT2D eigenvalue weighted by Crippen LogP contribution is 2.34. The van der Waals surface area contributed by atoms with Crippen molar-refractivity contribution in [1.82, 2.24) is 5.32 Å². The number of hydrogen-bond acceptors (Lipinski definition) is 3. The minimum absolute atomic E-state index is 0.507. The Hall–Kier alpha value is -1.22. The molecule has 94 valence electrons. The molecule has 0 radical (unpaired) electrons. The van der Waals surface area contributed by atoms with E-state index in [1.807, 2.05) is 13.8 Å². The summed E-state index contributed by atoms with van der Waals surface area (Å²) in [4.78, 5) is 2.47. The molecule has 0 aliphatic carbocycles. The van der Waals surface area contributed by atoms with E-state index < -0.39 is 0 Å². The first kappa shape index (κ1) is 12.2. The molecule has 1 aromatic rings. The molecule has 0 saturated carbocycles. The normalized spacial score (nSPS) is 21.6. The maximum atomic E-state index is 5.77. The predicted octanol–water partition coefficient (Wildman–Crippen LogP) is 2.19. The van der Waals surface area contributed by atoms with Gasteiger partial charge in [0.2, 0.25) is 0 Å². The number of rotatable bonds is 0. The Labute approximate surface area is 104 Å². The highest BCUT2D eigenvalue weighted by atomic mass is 16.5. The summed E-state index contributed by atoms with van der Waals surface area (Å²) in [5.74, 6) is 1.04. The van der Waals surface area contributed by atoms with Crippen LogP contribution in [0.3, 0.4) is 0 Å². The van der Waals surface area contributed by atoms with E-state index in [1.165, 1.54) is 11.3 Å². The Morgan fingerprint density at radius 1 is 1.35 bits per heavy atom. The third-order valence-electron chi connectivity index (χ3n) is 3.21. The topological polar surface area (TPSA) is 24.5 Å². The van der Waals surface area contributed by atoms with Crippen LogP contribution < -0.4 is 15.0 Å². The van der Waals surface area contributed by atoms with Crippen molar-refractivity contribution < 1.29 is 4.74 Å². The Morgan fingerprint density at radius 3 is 3.00 bits per heavy atom. The summed E-state index contributed by atoms with van der Waals surface area (Å²) in [6.07, 6.45) is 0. The largest absolute Gasteiger partial charge is 0.489 e.